The van der Waals surface area contributed by atoms with E-state index in [0.717, 1.165) is 23.4 Å². The van der Waals surface area contributed by atoms with E-state index >= 15 is 0 Å². The van der Waals surface area contributed by atoms with Gasteiger partial charge in [0.25, 0.3) is 5.91 Å². The van der Waals surface area contributed by atoms with Gasteiger partial charge in [-0.25, -0.2) is 4.98 Å². The highest BCUT2D eigenvalue weighted by Crippen LogP contribution is 2.21. The lowest BCUT2D eigenvalue weighted by Gasteiger charge is -2.16. The van der Waals surface area contributed by atoms with Gasteiger partial charge in [0.05, 0.1) is 17.4 Å². The fourth-order valence-electron chi connectivity index (χ4n) is 2.53. The highest BCUT2D eigenvalue weighted by molar-refractivity contribution is 9.10. The van der Waals surface area contributed by atoms with Crippen LogP contribution < -0.4 is 16.0 Å². The van der Waals surface area contributed by atoms with Gasteiger partial charge in [0, 0.05) is 23.2 Å². The van der Waals surface area contributed by atoms with Gasteiger partial charge >= 0.3 is 0 Å². The number of rotatable bonds is 3. The van der Waals surface area contributed by atoms with Gasteiger partial charge in [-0.3, -0.25) is 4.79 Å². The number of nitrogens with zero attached hydrogens (tertiary/aromatic N) is 2. The van der Waals surface area contributed by atoms with E-state index in [2.05, 4.69) is 31.1 Å². The number of nitrogen functional groups attached to an aromatic ring is 1. The Bertz CT molecular complexity index is 691. The Balaban J connectivity index is 0.00000144. The van der Waals surface area contributed by atoms with E-state index in [0.29, 0.717) is 16.9 Å². The van der Waals surface area contributed by atoms with Gasteiger partial charge in [-0.15, -0.1) is 24.8 Å². The van der Waals surface area contributed by atoms with E-state index < -0.39 is 0 Å². The number of benzene rings is 1. The molecule has 0 radical (unpaired) electrons. The molecule has 0 spiro atoms. The third kappa shape index (κ3) is 4.75. The van der Waals surface area contributed by atoms with Crippen molar-refractivity contribution in [1.29, 1.82) is 0 Å². The highest BCUT2D eigenvalue weighted by Gasteiger charge is 2.14. The first-order chi connectivity index (χ1) is 10.6. The molecule has 0 bridgehead atoms. The van der Waals surface area contributed by atoms with E-state index in [-0.39, 0.29) is 30.7 Å². The smallest absolute Gasteiger partial charge is 0.257 e. The van der Waals surface area contributed by atoms with Crippen LogP contribution in [-0.2, 0) is 0 Å². The number of carbonyl (C=O) groups excluding carboxylic acids is 1. The molecule has 1 amide bonds. The van der Waals surface area contributed by atoms with Gasteiger partial charge in [-0.2, -0.15) is 0 Å². The van der Waals surface area contributed by atoms with Crippen LogP contribution in [0.4, 0.5) is 17.2 Å². The van der Waals surface area contributed by atoms with Crippen LogP contribution in [0.5, 0.6) is 0 Å². The van der Waals surface area contributed by atoms with Crippen LogP contribution in [0.15, 0.2) is 41.0 Å². The third-order valence-electron chi connectivity index (χ3n) is 3.69. The summed E-state index contributed by atoms with van der Waals surface area (Å²) >= 11 is 3.33. The van der Waals surface area contributed by atoms with Crippen molar-refractivity contribution < 1.29 is 4.79 Å². The molecule has 1 aliphatic heterocycles. The summed E-state index contributed by atoms with van der Waals surface area (Å²) in [7, 11) is 0. The highest BCUT2D eigenvalue weighted by atomic mass is 79.9. The largest absolute Gasteiger partial charge is 0.398 e. The summed E-state index contributed by atoms with van der Waals surface area (Å²) in [6, 6.07) is 9.00. The topological polar surface area (TPSA) is 71.2 Å². The number of hydrogen-bond acceptors (Lipinski definition) is 4. The molecule has 1 aromatic heterocycles. The standard InChI is InChI=1S/C16H17BrN4O.2ClH/c17-11-3-5-13(14(18)9-11)16(22)20-12-4-6-15(19-10-12)21-7-1-2-8-21;;/h3-6,9-10H,1-2,7-8,18H2,(H,20,22);2*1H. The summed E-state index contributed by atoms with van der Waals surface area (Å²) in [5, 5.41) is 2.82. The molecular formula is C16H19BrCl2N4O. The zero-order chi connectivity index (χ0) is 15.5. The second-order valence-electron chi connectivity index (χ2n) is 5.28. The van der Waals surface area contributed by atoms with Crippen LogP contribution in [0.1, 0.15) is 23.2 Å². The predicted octanol–water partition coefficient (Wildman–Crippen LogP) is 4.12. The second kappa shape index (κ2) is 9.11. The lowest BCUT2D eigenvalue weighted by Crippen LogP contribution is -2.19. The fraction of sp³-hybridized carbons (Fsp3) is 0.250. The van der Waals surface area contributed by atoms with Gasteiger partial charge in [-0.05, 0) is 43.2 Å². The zero-order valence-electron chi connectivity index (χ0n) is 12.9. The number of carbonyl (C=O) groups is 1. The fourth-order valence-corrected chi connectivity index (χ4v) is 2.91. The number of aromatic nitrogens is 1. The Morgan fingerprint density at radius 3 is 2.46 bits per heavy atom. The van der Waals surface area contributed by atoms with E-state index in [1.165, 1.54) is 12.8 Å². The minimum absolute atomic E-state index is 0. The lowest BCUT2D eigenvalue weighted by molar-refractivity contribution is 0.102. The number of nitrogens with one attached hydrogen (secondary N) is 1. The minimum Gasteiger partial charge on any atom is -0.398 e. The van der Waals surface area contributed by atoms with Crippen molar-refractivity contribution in [3.05, 3.63) is 46.6 Å². The van der Waals surface area contributed by atoms with Crippen molar-refractivity contribution in [3.8, 4) is 0 Å². The summed E-state index contributed by atoms with van der Waals surface area (Å²) in [6.07, 6.45) is 4.10. The maximum absolute atomic E-state index is 12.2. The van der Waals surface area contributed by atoms with Crippen LogP contribution in [0.2, 0.25) is 0 Å². The second-order valence-corrected chi connectivity index (χ2v) is 6.20. The summed E-state index contributed by atoms with van der Waals surface area (Å²) < 4.78 is 0.846. The molecule has 1 aromatic carbocycles. The molecule has 5 nitrogen and oxygen atoms in total. The van der Waals surface area contributed by atoms with Crippen LogP contribution in [0.25, 0.3) is 0 Å². The van der Waals surface area contributed by atoms with Crippen molar-refractivity contribution in [2.75, 3.05) is 29.0 Å². The van der Waals surface area contributed by atoms with Gasteiger partial charge in [0.15, 0.2) is 0 Å². The minimum atomic E-state index is -0.235. The maximum atomic E-state index is 12.2. The average molecular weight is 434 g/mol. The molecule has 8 heteroatoms. The molecule has 0 unspecified atom stereocenters. The van der Waals surface area contributed by atoms with Crippen LogP contribution in [0.3, 0.4) is 0 Å². The maximum Gasteiger partial charge on any atom is 0.257 e. The summed E-state index contributed by atoms with van der Waals surface area (Å²) in [6.45, 7) is 2.10. The Morgan fingerprint density at radius 1 is 1.17 bits per heavy atom. The number of amides is 1. The lowest BCUT2D eigenvalue weighted by atomic mass is 10.1. The molecule has 130 valence electrons. The van der Waals surface area contributed by atoms with E-state index in [4.69, 9.17) is 5.73 Å². The molecule has 3 N–H and O–H groups in total. The Hall–Kier alpha value is -1.50. The van der Waals surface area contributed by atoms with Crippen molar-refractivity contribution in [2.45, 2.75) is 12.8 Å². The number of nitrogens with two attached hydrogens (primary N) is 1. The number of hydrogen-bond donors (Lipinski definition) is 2. The van der Waals surface area contributed by atoms with Gasteiger partial charge < -0.3 is 16.0 Å². The van der Waals surface area contributed by atoms with Gasteiger partial charge in [-0.1, -0.05) is 15.9 Å². The number of halogens is 3. The van der Waals surface area contributed by atoms with E-state index in [1.54, 1.807) is 24.4 Å². The Labute approximate surface area is 162 Å². The predicted molar refractivity (Wildman–Crippen MR) is 107 cm³/mol. The normalized spacial score (nSPS) is 13.0. The molecule has 0 saturated carbocycles. The Morgan fingerprint density at radius 2 is 1.88 bits per heavy atom. The molecule has 1 fully saturated rings. The van der Waals surface area contributed by atoms with Crippen LogP contribution in [0, 0.1) is 0 Å². The van der Waals surface area contributed by atoms with E-state index in [1.807, 2.05) is 12.1 Å². The average Bonchev–Trinajstić information content (AvgIpc) is 3.02. The quantitative estimate of drug-likeness (QED) is 0.714. The Kier molecular flexibility index (Phi) is 7.79. The molecular weight excluding hydrogens is 415 g/mol. The number of anilines is 3. The third-order valence-corrected chi connectivity index (χ3v) is 4.19. The molecule has 2 heterocycles. The number of pyridine rings is 1. The van der Waals surface area contributed by atoms with Crippen molar-refractivity contribution in [3.63, 3.8) is 0 Å². The monoisotopic (exact) mass is 432 g/mol. The molecule has 1 saturated heterocycles. The first kappa shape index (κ1) is 20.5. The van der Waals surface area contributed by atoms with Gasteiger partial charge in [0.1, 0.15) is 5.82 Å². The van der Waals surface area contributed by atoms with E-state index in [9.17, 15) is 4.79 Å². The molecule has 2 aromatic rings. The first-order valence-corrected chi connectivity index (χ1v) is 8.00. The van der Waals surface area contributed by atoms with Crippen molar-refractivity contribution in [1.82, 2.24) is 4.98 Å². The van der Waals surface area contributed by atoms with Crippen molar-refractivity contribution >= 4 is 63.8 Å². The molecule has 1 aliphatic rings. The molecule has 0 atom stereocenters. The SMILES string of the molecule is Cl.Cl.Nc1cc(Br)ccc1C(=O)Nc1ccc(N2CCCC2)nc1. The van der Waals surface area contributed by atoms with Gasteiger partial charge in [0.2, 0.25) is 0 Å². The molecule has 3 rings (SSSR count). The molecule has 0 aliphatic carbocycles. The van der Waals surface area contributed by atoms with Crippen LogP contribution in [-0.4, -0.2) is 24.0 Å². The summed E-state index contributed by atoms with van der Waals surface area (Å²) in [5.74, 6) is 0.722. The summed E-state index contributed by atoms with van der Waals surface area (Å²) in [4.78, 5) is 18.9. The molecule has 24 heavy (non-hydrogen) atoms. The zero-order valence-corrected chi connectivity index (χ0v) is 16.1. The van der Waals surface area contributed by atoms with Crippen molar-refractivity contribution in [2.24, 2.45) is 0 Å². The van der Waals surface area contributed by atoms with Crippen LogP contribution >= 0.6 is 40.7 Å². The first-order valence-electron chi connectivity index (χ1n) is 7.21. The summed E-state index contributed by atoms with van der Waals surface area (Å²) in [5.41, 5.74) is 7.42.